The molecule has 0 bridgehead atoms. The van der Waals surface area contributed by atoms with Crippen molar-refractivity contribution in [3.05, 3.63) is 100 Å². The molecular formula is C23H20O2. The zero-order chi connectivity index (χ0) is 17.6. The van der Waals surface area contributed by atoms with E-state index in [1.54, 1.807) is 0 Å². The van der Waals surface area contributed by atoms with Crippen molar-refractivity contribution in [3.63, 3.8) is 0 Å². The van der Waals surface area contributed by atoms with Gasteiger partial charge >= 0.3 is 5.97 Å². The van der Waals surface area contributed by atoms with Crippen LogP contribution in [0.25, 0.3) is 0 Å². The van der Waals surface area contributed by atoms with Gasteiger partial charge in [-0.05, 0) is 49.1 Å². The van der Waals surface area contributed by atoms with E-state index in [0.717, 1.165) is 27.8 Å². The Hall–Kier alpha value is -2.87. The number of carbonyl (C=O) groups excluding carboxylic acids is 1. The van der Waals surface area contributed by atoms with Crippen LogP contribution in [0, 0.1) is 20.8 Å². The molecule has 0 amide bonds. The smallest absolute Gasteiger partial charge is 0.331 e. The van der Waals surface area contributed by atoms with E-state index in [-0.39, 0.29) is 5.97 Å². The highest BCUT2D eigenvalue weighted by Gasteiger charge is 2.52. The van der Waals surface area contributed by atoms with Gasteiger partial charge < -0.3 is 4.74 Å². The molecule has 0 N–H and O–H groups in total. The van der Waals surface area contributed by atoms with Gasteiger partial charge in [-0.15, -0.1) is 0 Å². The van der Waals surface area contributed by atoms with Crippen LogP contribution in [0.1, 0.15) is 33.4 Å². The molecule has 1 atom stereocenters. The number of rotatable bonds is 2. The topological polar surface area (TPSA) is 26.3 Å². The third-order valence-electron chi connectivity index (χ3n) is 5.02. The molecule has 1 heterocycles. The van der Waals surface area contributed by atoms with Gasteiger partial charge in [-0.3, -0.25) is 0 Å². The zero-order valence-electron chi connectivity index (χ0n) is 14.7. The minimum absolute atomic E-state index is 0.230. The maximum Gasteiger partial charge on any atom is 0.331 e. The number of benzene rings is 3. The van der Waals surface area contributed by atoms with Gasteiger partial charge in [-0.25, -0.2) is 4.79 Å². The first-order valence-electron chi connectivity index (χ1n) is 8.50. The summed E-state index contributed by atoms with van der Waals surface area (Å²) in [4.78, 5) is 13.3. The molecule has 1 aliphatic heterocycles. The van der Waals surface area contributed by atoms with Crippen LogP contribution in [0.2, 0.25) is 0 Å². The van der Waals surface area contributed by atoms with Gasteiger partial charge in [0.2, 0.25) is 0 Å². The van der Waals surface area contributed by atoms with Gasteiger partial charge in [0, 0.05) is 5.56 Å². The Morgan fingerprint density at radius 2 is 1.40 bits per heavy atom. The summed E-state index contributed by atoms with van der Waals surface area (Å²) in [6.07, 6.45) is 0. The normalized spacial score (nSPS) is 18.8. The predicted molar refractivity (Wildman–Crippen MR) is 99.1 cm³/mol. The maximum atomic E-state index is 13.3. The van der Waals surface area contributed by atoms with E-state index in [2.05, 4.69) is 32.0 Å². The maximum absolute atomic E-state index is 13.3. The number of ether oxygens (including phenoxy) is 1. The molecule has 0 spiro atoms. The molecule has 124 valence electrons. The molecule has 0 saturated heterocycles. The third kappa shape index (κ3) is 2.21. The van der Waals surface area contributed by atoms with Crippen LogP contribution in [0.4, 0.5) is 0 Å². The van der Waals surface area contributed by atoms with Crippen molar-refractivity contribution in [1.82, 2.24) is 0 Å². The molecule has 3 aromatic carbocycles. The minimum Gasteiger partial charge on any atom is -0.425 e. The molecule has 0 aromatic heterocycles. The monoisotopic (exact) mass is 328 g/mol. The third-order valence-corrected chi connectivity index (χ3v) is 5.02. The lowest BCUT2D eigenvalue weighted by Crippen LogP contribution is -2.36. The molecule has 2 heteroatoms. The Morgan fingerprint density at radius 3 is 2.08 bits per heavy atom. The first-order chi connectivity index (χ1) is 12.0. The van der Waals surface area contributed by atoms with Gasteiger partial charge in [-0.1, -0.05) is 66.2 Å². The molecule has 0 radical (unpaired) electrons. The quantitative estimate of drug-likeness (QED) is 0.496. The van der Waals surface area contributed by atoms with E-state index in [0.29, 0.717) is 5.75 Å². The lowest BCUT2D eigenvalue weighted by Gasteiger charge is -2.28. The summed E-state index contributed by atoms with van der Waals surface area (Å²) in [5.74, 6) is 0.443. The van der Waals surface area contributed by atoms with Gasteiger partial charge in [0.15, 0.2) is 0 Å². The fourth-order valence-electron chi connectivity index (χ4n) is 3.95. The lowest BCUT2D eigenvalue weighted by atomic mass is 9.69. The van der Waals surface area contributed by atoms with Crippen molar-refractivity contribution in [3.8, 4) is 5.75 Å². The van der Waals surface area contributed by atoms with Crippen molar-refractivity contribution in [2.75, 3.05) is 0 Å². The summed E-state index contributed by atoms with van der Waals surface area (Å²) in [5, 5.41) is 0. The second-order valence-corrected chi connectivity index (χ2v) is 6.83. The first kappa shape index (κ1) is 15.6. The number of fused-ring (bicyclic) bond motifs is 1. The molecular weight excluding hydrogens is 308 g/mol. The average molecular weight is 328 g/mol. The standard InChI is InChI=1S/C23H20O2/c1-15-9-11-19(12-10-15)23(18-7-5-4-6-8-18)21-17(3)13-16(2)14-20(21)25-22(23)24/h4-14H,1-3H3. The van der Waals surface area contributed by atoms with Crippen LogP contribution in [0.3, 0.4) is 0 Å². The highest BCUT2D eigenvalue weighted by Crippen LogP contribution is 2.50. The van der Waals surface area contributed by atoms with Gasteiger partial charge in [0.25, 0.3) is 0 Å². The number of hydrogen-bond donors (Lipinski definition) is 0. The van der Waals surface area contributed by atoms with E-state index >= 15 is 0 Å². The number of aryl methyl sites for hydroxylation is 3. The SMILES string of the molecule is Cc1ccc(C2(c3ccccc3)C(=O)Oc3cc(C)cc(C)c32)cc1. The highest BCUT2D eigenvalue weighted by molar-refractivity contribution is 5.99. The molecule has 0 aliphatic carbocycles. The number of hydrogen-bond acceptors (Lipinski definition) is 2. The average Bonchev–Trinajstić information content (AvgIpc) is 2.89. The molecule has 3 aromatic rings. The Morgan fingerprint density at radius 1 is 0.760 bits per heavy atom. The number of carbonyl (C=O) groups is 1. The lowest BCUT2D eigenvalue weighted by molar-refractivity contribution is -0.135. The molecule has 1 aliphatic rings. The Labute approximate surface area is 148 Å². The Bertz CT molecular complexity index is 955. The van der Waals surface area contributed by atoms with E-state index in [9.17, 15) is 4.79 Å². The number of esters is 1. The fraction of sp³-hybridized carbons (Fsp3) is 0.174. The molecule has 25 heavy (non-hydrogen) atoms. The van der Waals surface area contributed by atoms with Crippen molar-refractivity contribution in [2.45, 2.75) is 26.2 Å². The Kier molecular flexibility index (Phi) is 3.50. The molecule has 4 rings (SSSR count). The van der Waals surface area contributed by atoms with Crippen molar-refractivity contribution >= 4 is 5.97 Å². The van der Waals surface area contributed by atoms with Crippen LogP contribution < -0.4 is 4.74 Å². The van der Waals surface area contributed by atoms with E-state index in [1.807, 2.05) is 55.5 Å². The van der Waals surface area contributed by atoms with Crippen molar-refractivity contribution < 1.29 is 9.53 Å². The second kappa shape index (κ2) is 5.59. The summed E-state index contributed by atoms with van der Waals surface area (Å²) >= 11 is 0. The molecule has 0 fully saturated rings. The second-order valence-electron chi connectivity index (χ2n) is 6.83. The Balaban J connectivity index is 2.11. The summed E-state index contributed by atoms with van der Waals surface area (Å²) in [6, 6.07) is 22.2. The van der Waals surface area contributed by atoms with Crippen LogP contribution in [0.5, 0.6) is 5.75 Å². The van der Waals surface area contributed by atoms with Crippen LogP contribution >= 0.6 is 0 Å². The molecule has 0 saturated carbocycles. The van der Waals surface area contributed by atoms with E-state index < -0.39 is 5.41 Å². The summed E-state index contributed by atoms with van der Waals surface area (Å²) < 4.78 is 5.78. The molecule has 2 nitrogen and oxygen atoms in total. The van der Waals surface area contributed by atoms with Crippen molar-refractivity contribution in [2.24, 2.45) is 0 Å². The van der Waals surface area contributed by atoms with E-state index in [4.69, 9.17) is 4.74 Å². The zero-order valence-corrected chi connectivity index (χ0v) is 14.7. The summed E-state index contributed by atoms with van der Waals surface area (Å²) in [7, 11) is 0. The minimum atomic E-state index is -0.915. The predicted octanol–water partition coefficient (Wildman–Crippen LogP) is 4.87. The van der Waals surface area contributed by atoms with Crippen molar-refractivity contribution in [1.29, 1.82) is 0 Å². The van der Waals surface area contributed by atoms with Crippen LogP contribution in [-0.2, 0) is 10.2 Å². The fourth-order valence-corrected chi connectivity index (χ4v) is 3.95. The van der Waals surface area contributed by atoms with E-state index in [1.165, 1.54) is 5.56 Å². The van der Waals surface area contributed by atoms with Crippen LogP contribution in [-0.4, -0.2) is 5.97 Å². The van der Waals surface area contributed by atoms with Crippen LogP contribution in [0.15, 0.2) is 66.7 Å². The summed E-state index contributed by atoms with van der Waals surface area (Å²) in [6.45, 7) is 6.13. The summed E-state index contributed by atoms with van der Waals surface area (Å²) in [5.41, 5.74) is 5.26. The van der Waals surface area contributed by atoms with Gasteiger partial charge in [0.1, 0.15) is 11.2 Å². The van der Waals surface area contributed by atoms with Gasteiger partial charge in [0.05, 0.1) is 0 Å². The first-order valence-corrected chi connectivity index (χ1v) is 8.50. The van der Waals surface area contributed by atoms with Gasteiger partial charge in [-0.2, -0.15) is 0 Å². The highest BCUT2D eigenvalue weighted by atomic mass is 16.5. The largest absolute Gasteiger partial charge is 0.425 e. The molecule has 1 unspecified atom stereocenters.